The van der Waals surface area contributed by atoms with Crippen molar-refractivity contribution in [2.45, 2.75) is 56.8 Å². The number of benzene rings is 2. The standard InChI is InChI=1S/C24H26F3NO5/c1-3-32-20-10-17(31-2)9-19(21(20)25)18-7-4-15(8-14(18)11-33-16-5-6-16)28-23(22(29)30)12-24(26,27)13-23/h4,7-10,16,28H,3,5-6,11-13H2,1-2H3,(H,29,30). The molecule has 2 saturated carbocycles. The van der Waals surface area contributed by atoms with Gasteiger partial charge in [0.15, 0.2) is 11.6 Å². The zero-order chi connectivity index (χ0) is 23.8. The van der Waals surface area contributed by atoms with Crippen LogP contribution in [0, 0.1) is 5.82 Å². The number of hydrogen-bond acceptors (Lipinski definition) is 5. The van der Waals surface area contributed by atoms with E-state index in [0.717, 1.165) is 12.8 Å². The van der Waals surface area contributed by atoms with Gasteiger partial charge in [-0.25, -0.2) is 18.0 Å². The molecule has 0 radical (unpaired) electrons. The number of halogens is 3. The third-order valence-electron chi connectivity index (χ3n) is 5.86. The van der Waals surface area contributed by atoms with Crippen LogP contribution in [-0.2, 0) is 16.1 Å². The van der Waals surface area contributed by atoms with E-state index in [0.29, 0.717) is 22.6 Å². The molecule has 178 valence electrons. The largest absolute Gasteiger partial charge is 0.497 e. The molecule has 2 aromatic rings. The minimum absolute atomic E-state index is 0.0460. The quantitative estimate of drug-likeness (QED) is 0.500. The minimum Gasteiger partial charge on any atom is -0.497 e. The second-order valence-corrected chi connectivity index (χ2v) is 8.52. The first kappa shape index (κ1) is 23.2. The first-order valence-corrected chi connectivity index (χ1v) is 10.8. The molecular weight excluding hydrogens is 439 g/mol. The Labute approximate surface area is 189 Å². The molecule has 4 rings (SSSR count). The van der Waals surface area contributed by atoms with Gasteiger partial charge >= 0.3 is 5.97 Å². The van der Waals surface area contributed by atoms with E-state index in [2.05, 4.69) is 5.32 Å². The SMILES string of the molecule is CCOc1cc(OC)cc(-c2ccc(NC3(C(=O)O)CC(F)(F)C3)cc2COC2CC2)c1F. The Morgan fingerprint density at radius 3 is 2.48 bits per heavy atom. The molecular formula is C24H26F3NO5. The Morgan fingerprint density at radius 2 is 1.91 bits per heavy atom. The zero-order valence-electron chi connectivity index (χ0n) is 18.4. The van der Waals surface area contributed by atoms with Crippen molar-refractivity contribution in [1.82, 2.24) is 0 Å². The van der Waals surface area contributed by atoms with Crippen molar-refractivity contribution in [2.75, 3.05) is 19.0 Å². The summed E-state index contributed by atoms with van der Waals surface area (Å²) in [4.78, 5) is 11.7. The van der Waals surface area contributed by atoms with E-state index in [1.807, 2.05) is 0 Å². The molecule has 9 heteroatoms. The normalized spacial score (nSPS) is 18.3. The second kappa shape index (κ2) is 8.78. The van der Waals surface area contributed by atoms with Gasteiger partial charge in [-0.3, -0.25) is 0 Å². The van der Waals surface area contributed by atoms with Gasteiger partial charge in [-0.15, -0.1) is 0 Å². The Morgan fingerprint density at radius 1 is 1.18 bits per heavy atom. The van der Waals surface area contributed by atoms with Crippen molar-refractivity contribution >= 4 is 11.7 Å². The van der Waals surface area contributed by atoms with Crippen molar-refractivity contribution in [3.63, 3.8) is 0 Å². The van der Waals surface area contributed by atoms with Crippen LogP contribution in [0.2, 0.25) is 0 Å². The summed E-state index contributed by atoms with van der Waals surface area (Å²) in [6, 6.07) is 7.81. The van der Waals surface area contributed by atoms with Gasteiger partial charge in [0.25, 0.3) is 5.92 Å². The Hall–Kier alpha value is -2.94. The number of hydrogen-bond donors (Lipinski definition) is 2. The van der Waals surface area contributed by atoms with Crippen LogP contribution in [0.15, 0.2) is 30.3 Å². The molecule has 0 bridgehead atoms. The predicted octanol–water partition coefficient (Wildman–Crippen LogP) is 5.24. The van der Waals surface area contributed by atoms with Crippen LogP contribution in [0.1, 0.15) is 38.2 Å². The maximum Gasteiger partial charge on any atom is 0.329 e. The van der Waals surface area contributed by atoms with E-state index in [1.165, 1.54) is 13.2 Å². The summed E-state index contributed by atoms with van der Waals surface area (Å²) in [6.07, 6.45) is 0.402. The van der Waals surface area contributed by atoms with Crippen LogP contribution in [0.4, 0.5) is 18.9 Å². The average Bonchev–Trinajstić information content (AvgIpc) is 3.57. The molecule has 2 N–H and O–H groups in total. The van der Waals surface area contributed by atoms with Crippen LogP contribution in [-0.4, -0.2) is 42.4 Å². The Balaban J connectivity index is 1.72. The fourth-order valence-electron chi connectivity index (χ4n) is 4.04. The van der Waals surface area contributed by atoms with Crippen molar-refractivity contribution in [2.24, 2.45) is 0 Å². The monoisotopic (exact) mass is 465 g/mol. The van der Waals surface area contributed by atoms with Crippen LogP contribution in [0.25, 0.3) is 11.1 Å². The highest BCUT2D eigenvalue weighted by molar-refractivity contribution is 5.85. The molecule has 0 amide bonds. The zero-order valence-corrected chi connectivity index (χ0v) is 18.4. The van der Waals surface area contributed by atoms with Gasteiger partial charge in [0.2, 0.25) is 0 Å². The predicted molar refractivity (Wildman–Crippen MR) is 116 cm³/mol. The molecule has 0 saturated heterocycles. The molecule has 0 heterocycles. The van der Waals surface area contributed by atoms with Gasteiger partial charge in [0.05, 0.1) is 26.4 Å². The van der Waals surface area contributed by atoms with Crippen LogP contribution in [0.3, 0.4) is 0 Å². The first-order valence-electron chi connectivity index (χ1n) is 10.8. The maximum absolute atomic E-state index is 15.3. The fourth-order valence-corrected chi connectivity index (χ4v) is 4.04. The third-order valence-corrected chi connectivity index (χ3v) is 5.86. The van der Waals surface area contributed by atoms with Crippen molar-refractivity contribution in [1.29, 1.82) is 0 Å². The molecule has 33 heavy (non-hydrogen) atoms. The number of anilines is 1. The summed E-state index contributed by atoms with van der Waals surface area (Å²) in [5.41, 5.74) is -0.0561. The van der Waals surface area contributed by atoms with E-state index < -0.39 is 36.1 Å². The molecule has 0 aromatic heterocycles. The number of aliphatic carboxylic acids is 1. The lowest BCUT2D eigenvalue weighted by Gasteiger charge is -2.44. The Kier molecular flexibility index (Phi) is 6.18. The summed E-state index contributed by atoms with van der Waals surface area (Å²) in [6.45, 7) is 2.18. The molecule has 0 unspecified atom stereocenters. The van der Waals surface area contributed by atoms with Gasteiger partial charge in [0, 0.05) is 30.2 Å². The van der Waals surface area contributed by atoms with Gasteiger partial charge in [-0.2, -0.15) is 0 Å². The number of rotatable bonds is 10. The van der Waals surface area contributed by atoms with Crippen molar-refractivity contribution in [3.8, 4) is 22.6 Å². The van der Waals surface area contributed by atoms with Gasteiger partial charge < -0.3 is 24.6 Å². The summed E-state index contributed by atoms with van der Waals surface area (Å²) in [5.74, 6) is -4.47. The van der Waals surface area contributed by atoms with Gasteiger partial charge in [-0.05, 0) is 49.1 Å². The highest BCUT2D eigenvalue weighted by Gasteiger charge is 2.61. The molecule has 0 spiro atoms. The summed E-state index contributed by atoms with van der Waals surface area (Å²) in [7, 11) is 1.47. The lowest BCUT2D eigenvalue weighted by molar-refractivity contribution is -0.168. The number of methoxy groups -OCH3 is 1. The smallest absolute Gasteiger partial charge is 0.329 e. The van der Waals surface area contributed by atoms with Gasteiger partial charge in [0.1, 0.15) is 11.3 Å². The number of carboxylic acids is 1. The number of nitrogens with one attached hydrogen (secondary N) is 1. The average molecular weight is 465 g/mol. The van der Waals surface area contributed by atoms with Crippen molar-refractivity contribution < 1.29 is 37.3 Å². The topological polar surface area (TPSA) is 77.0 Å². The Bertz CT molecular complexity index is 1050. The van der Waals surface area contributed by atoms with Crippen LogP contribution < -0.4 is 14.8 Å². The lowest BCUT2D eigenvalue weighted by atomic mass is 9.73. The van der Waals surface area contributed by atoms with E-state index in [-0.39, 0.29) is 30.6 Å². The summed E-state index contributed by atoms with van der Waals surface area (Å²) < 4.78 is 58.8. The second-order valence-electron chi connectivity index (χ2n) is 8.52. The first-order chi connectivity index (χ1) is 15.7. The highest BCUT2D eigenvalue weighted by Crippen LogP contribution is 2.48. The molecule has 0 aliphatic heterocycles. The molecule has 2 aliphatic carbocycles. The molecule has 0 atom stereocenters. The fraction of sp³-hybridized carbons (Fsp3) is 0.458. The van der Waals surface area contributed by atoms with E-state index >= 15 is 4.39 Å². The summed E-state index contributed by atoms with van der Waals surface area (Å²) in [5, 5.41) is 12.3. The number of alkyl halides is 2. The lowest BCUT2D eigenvalue weighted by Crippen LogP contribution is -2.61. The number of carbonyl (C=O) groups is 1. The number of carboxylic acid groups (broad SMARTS) is 1. The van der Waals surface area contributed by atoms with Crippen molar-refractivity contribution in [3.05, 3.63) is 41.7 Å². The van der Waals surface area contributed by atoms with E-state index in [4.69, 9.17) is 14.2 Å². The van der Waals surface area contributed by atoms with Crippen LogP contribution in [0.5, 0.6) is 11.5 Å². The molecule has 2 aromatic carbocycles. The summed E-state index contributed by atoms with van der Waals surface area (Å²) >= 11 is 0. The minimum atomic E-state index is -3.03. The van der Waals surface area contributed by atoms with E-state index in [1.54, 1.807) is 31.2 Å². The van der Waals surface area contributed by atoms with Crippen LogP contribution >= 0.6 is 0 Å². The maximum atomic E-state index is 15.3. The molecule has 2 aliphatic rings. The third kappa shape index (κ3) is 4.88. The highest BCUT2D eigenvalue weighted by atomic mass is 19.3. The molecule has 2 fully saturated rings. The van der Waals surface area contributed by atoms with E-state index in [9.17, 15) is 18.7 Å². The molecule has 6 nitrogen and oxygen atoms in total. The number of ether oxygens (including phenoxy) is 3. The van der Waals surface area contributed by atoms with Gasteiger partial charge in [-0.1, -0.05) is 6.07 Å².